The van der Waals surface area contributed by atoms with Crippen LogP contribution in [0, 0.1) is 0 Å². The number of nitrogens with zero attached hydrogens (tertiary/aromatic N) is 2. The van der Waals surface area contributed by atoms with Gasteiger partial charge in [-0.05, 0) is 18.6 Å². The zero-order valence-corrected chi connectivity index (χ0v) is 10.5. The van der Waals surface area contributed by atoms with Crippen molar-refractivity contribution >= 4 is 11.7 Å². The molecule has 1 atom stereocenters. The lowest BCUT2D eigenvalue weighted by molar-refractivity contribution is -0.129. The van der Waals surface area contributed by atoms with E-state index in [2.05, 4.69) is 20.6 Å². The molecule has 1 aliphatic heterocycles. The van der Waals surface area contributed by atoms with E-state index < -0.39 is 0 Å². The van der Waals surface area contributed by atoms with Crippen molar-refractivity contribution in [3.8, 4) is 0 Å². The molecule has 98 valence electrons. The van der Waals surface area contributed by atoms with Crippen LogP contribution in [0.3, 0.4) is 0 Å². The van der Waals surface area contributed by atoms with Crippen molar-refractivity contribution in [1.29, 1.82) is 0 Å². The Bertz CT molecular complexity index is 423. The molecule has 2 heterocycles. The monoisotopic (exact) mass is 249 g/mol. The van der Waals surface area contributed by atoms with Crippen LogP contribution in [0.15, 0.2) is 18.2 Å². The predicted molar refractivity (Wildman–Crippen MR) is 69.5 cm³/mol. The molecule has 1 fully saturated rings. The van der Waals surface area contributed by atoms with Gasteiger partial charge >= 0.3 is 0 Å². The number of carbonyl (C=O) groups excluding carboxylic acids is 1. The maximum atomic E-state index is 11.7. The van der Waals surface area contributed by atoms with E-state index in [-0.39, 0.29) is 11.9 Å². The maximum absolute atomic E-state index is 11.7. The quantitative estimate of drug-likeness (QED) is 0.520. The summed E-state index contributed by atoms with van der Waals surface area (Å²) in [5.74, 6) is 6.09. The summed E-state index contributed by atoms with van der Waals surface area (Å²) in [6.07, 6.45) is 0.806. The number of pyridine rings is 1. The Morgan fingerprint density at radius 2 is 2.44 bits per heavy atom. The smallest absolute Gasteiger partial charge is 0.237 e. The van der Waals surface area contributed by atoms with Gasteiger partial charge in [0.2, 0.25) is 5.91 Å². The largest absolute Gasteiger partial charge is 0.353 e. The third-order valence-electron chi connectivity index (χ3n) is 3.15. The number of hydrogen-bond acceptors (Lipinski definition) is 5. The third-order valence-corrected chi connectivity index (χ3v) is 3.15. The van der Waals surface area contributed by atoms with Crippen LogP contribution in [0.4, 0.5) is 5.82 Å². The number of hydrogen-bond donors (Lipinski definition) is 3. The van der Waals surface area contributed by atoms with Gasteiger partial charge in [-0.3, -0.25) is 9.69 Å². The summed E-state index contributed by atoms with van der Waals surface area (Å²) >= 11 is 0. The number of nitrogen functional groups attached to an aromatic ring is 1. The second-order valence-electron chi connectivity index (χ2n) is 4.34. The van der Waals surface area contributed by atoms with Crippen LogP contribution < -0.4 is 16.6 Å². The topological polar surface area (TPSA) is 83.3 Å². The molecule has 6 heteroatoms. The third kappa shape index (κ3) is 2.77. The first kappa shape index (κ1) is 12.8. The number of carbonyl (C=O) groups is 1. The Morgan fingerprint density at radius 1 is 1.61 bits per heavy atom. The second-order valence-corrected chi connectivity index (χ2v) is 4.34. The Labute approximate surface area is 107 Å². The summed E-state index contributed by atoms with van der Waals surface area (Å²) in [4.78, 5) is 18.3. The Hall–Kier alpha value is -1.66. The first-order valence-corrected chi connectivity index (χ1v) is 6.19. The van der Waals surface area contributed by atoms with Gasteiger partial charge in [0.1, 0.15) is 5.82 Å². The van der Waals surface area contributed by atoms with Gasteiger partial charge < -0.3 is 10.7 Å². The van der Waals surface area contributed by atoms with Gasteiger partial charge in [0.15, 0.2) is 0 Å². The maximum Gasteiger partial charge on any atom is 0.237 e. The summed E-state index contributed by atoms with van der Waals surface area (Å²) in [5.41, 5.74) is 3.45. The Kier molecular flexibility index (Phi) is 4.11. The van der Waals surface area contributed by atoms with Crippen molar-refractivity contribution in [3.05, 3.63) is 23.9 Å². The van der Waals surface area contributed by atoms with Gasteiger partial charge in [-0.1, -0.05) is 13.0 Å². The van der Waals surface area contributed by atoms with Crippen LogP contribution in [0.5, 0.6) is 0 Å². The fraction of sp³-hybridized carbons (Fsp3) is 0.500. The molecule has 1 unspecified atom stereocenters. The molecule has 0 aromatic carbocycles. The van der Waals surface area contributed by atoms with Crippen molar-refractivity contribution in [3.63, 3.8) is 0 Å². The van der Waals surface area contributed by atoms with Crippen molar-refractivity contribution < 1.29 is 4.79 Å². The highest BCUT2D eigenvalue weighted by atomic mass is 16.2. The standard InChI is InChI=1S/C12H19N5O/c1-2-10-12(18)14-6-7-17(10)8-9-4-3-5-11(15-9)16-13/h3-5,10H,2,6-8,13H2,1H3,(H,14,18)(H,15,16). The highest BCUT2D eigenvalue weighted by molar-refractivity contribution is 5.82. The molecule has 0 aliphatic carbocycles. The highest BCUT2D eigenvalue weighted by Crippen LogP contribution is 2.13. The van der Waals surface area contributed by atoms with E-state index in [9.17, 15) is 4.79 Å². The Balaban J connectivity index is 2.09. The van der Waals surface area contributed by atoms with Gasteiger partial charge in [0.25, 0.3) is 0 Å². The van der Waals surface area contributed by atoms with Gasteiger partial charge in [-0.15, -0.1) is 0 Å². The molecule has 0 saturated carbocycles. The number of rotatable bonds is 4. The predicted octanol–water partition coefficient (Wildman–Crippen LogP) is 0.0776. The van der Waals surface area contributed by atoms with E-state index >= 15 is 0 Å². The number of amides is 1. The van der Waals surface area contributed by atoms with Crippen molar-refractivity contribution in [1.82, 2.24) is 15.2 Å². The summed E-state index contributed by atoms with van der Waals surface area (Å²) < 4.78 is 0. The number of aromatic nitrogens is 1. The van der Waals surface area contributed by atoms with E-state index in [1.54, 1.807) is 0 Å². The normalized spacial score (nSPS) is 20.6. The molecule has 0 spiro atoms. The van der Waals surface area contributed by atoms with E-state index in [1.807, 2.05) is 25.1 Å². The molecule has 0 radical (unpaired) electrons. The highest BCUT2D eigenvalue weighted by Gasteiger charge is 2.27. The lowest BCUT2D eigenvalue weighted by atomic mass is 10.1. The summed E-state index contributed by atoms with van der Waals surface area (Å²) in [7, 11) is 0. The minimum absolute atomic E-state index is 0.0601. The van der Waals surface area contributed by atoms with Gasteiger partial charge in [-0.2, -0.15) is 0 Å². The fourth-order valence-electron chi connectivity index (χ4n) is 2.25. The van der Waals surface area contributed by atoms with Crippen LogP contribution >= 0.6 is 0 Å². The van der Waals surface area contributed by atoms with Crippen LogP contribution in [-0.4, -0.2) is 34.9 Å². The summed E-state index contributed by atoms with van der Waals surface area (Å²) in [6, 6.07) is 5.60. The molecule has 6 nitrogen and oxygen atoms in total. The van der Waals surface area contributed by atoms with Crippen LogP contribution in [0.1, 0.15) is 19.0 Å². The van der Waals surface area contributed by atoms with E-state index in [0.717, 1.165) is 18.7 Å². The zero-order valence-electron chi connectivity index (χ0n) is 10.5. The van der Waals surface area contributed by atoms with Gasteiger partial charge in [0, 0.05) is 19.6 Å². The number of anilines is 1. The van der Waals surface area contributed by atoms with Gasteiger partial charge in [-0.25, -0.2) is 10.8 Å². The molecule has 1 amide bonds. The van der Waals surface area contributed by atoms with Crippen LogP contribution in [0.25, 0.3) is 0 Å². The molecule has 4 N–H and O–H groups in total. The number of nitrogens with one attached hydrogen (secondary N) is 2. The van der Waals surface area contributed by atoms with E-state index in [4.69, 9.17) is 5.84 Å². The zero-order chi connectivity index (χ0) is 13.0. The molecular formula is C12H19N5O. The summed E-state index contributed by atoms with van der Waals surface area (Å²) in [6.45, 7) is 4.24. The molecule has 1 saturated heterocycles. The molecule has 18 heavy (non-hydrogen) atoms. The first-order chi connectivity index (χ1) is 8.74. The first-order valence-electron chi connectivity index (χ1n) is 6.19. The molecule has 2 rings (SSSR count). The minimum atomic E-state index is -0.0601. The average molecular weight is 249 g/mol. The van der Waals surface area contributed by atoms with Crippen molar-refractivity contribution in [2.24, 2.45) is 5.84 Å². The lowest BCUT2D eigenvalue weighted by Crippen LogP contribution is -2.54. The van der Waals surface area contributed by atoms with Crippen molar-refractivity contribution in [2.75, 3.05) is 18.5 Å². The second kappa shape index (κ2) is 5.79. The SMILES string of the molecule is CCC1C(=O)NCCN1Cc1cccc(NN)n1. The molecule has 1 aromatic heterocycles. The molecule has 0 bridgehead atoms. The summed E-state index contributed by atoms with van der Waals surface area (Å²) in [5, 5.41) is 2.89. The fourth-order valence-corrected chi connectivity index (χ4v) is 2.25. The van der Waals surface area contributed by atoms with E-state index in [0.29, 0.717) is 18.9 Å². The minimum Gasteiger partial charge on any atom is -0.353 e. The lowest BCUT2D eigenvalue weighted by Gasteiger charge is -2.34. The van der Waals surface area contributed by atoms with Crippen LogP contribution in [-0.2, 0) is 11.3 Å². The van der Waals surface area contributed by atoms with Crippen molar-refractivity contribution in [2.45, 2.75) is 25.9 Å². The number of piperazine rings is 1. The van der Waals surface area contributed by atoms with E-state index in [1.165, 1.54) is 0 Å². The number of nitrogens with two attached hydrogens (primary N) is 1. The molecular weight excluding hydrogens is 230 g/mol. The molecule has 1 aromatic rings. The van der Waals surface area contributed by atoms with Crippen LogP contribution in [0.2, 0.25) is 0 Å². The van der Waals surface area contributed by atoms with Gasteiger partial charge in [0.05, 0.1) is 11.7 Å². The average Bonchev–Trinajstić information content (AvgIpc) is 2.39. The molecule has 1 aliphatic rings. The number of hydrazine groups is 1. The Morgan fingerprint density at radius 3 is 3.17 bits per heavy atom.